The number of thiophene rings is 1. The average Bonchev–Trinajstić information content (AvgIpc) is 3.29. The lowest BCUT2D eigenvalue weighted by Gasteiger charge is -2.07. The zero-order valence-electron chi connectivity index (χ0n) is 13.6. The highest BCUT2D eigenvalue weighted by molar-refractivity contribution is 7.12. The maximum atomic E-state index is 12.9. The molecule has 9 heteroatoms. The summed E-state index contributed by atoms with van der Waals surface area (Å²) in [7, 11) is 0. The zero-order chi connectivity index (χ0) is 19.0. The molecule has 27 heavy (non-hydrogen) atoms. The van der Waals surface area contributed by atoms with Gasteiger partial charge in [0.15, 0.2) is 5.82 Å². The van der Waals surface area contributed by atoms with Crippen molar-refractivity contribution in [2.45, 2.75) is 0 Å². The summed E-state index contributed by atoms with van der Waals surface area (Å²) in [5.41, 5.74) is 0.286. The number of nitrogens with one attached hydrogen (secondary N) is 1. The van der Waals surface area contributed by atoms with E-state index in [9.17, 15) is 14.7 Å². The summed E-state index contributed by atoms with van der Waals surface area (Å²) >= 11 is 7.53. The third kappa shape index (κ3) is 2.94. The van der Waals surface area contributed by atoms with E-state index in [0.29, 0.717) is 15.8 Å². The summed E-state index contributed by atoms with van der Waals surface area (Å²) in [5.74, 6) is -0.693. The molecular weight excluding hydrogens is 388 g/mol. The summed E-state index contributed by atoms with van der Waals surface area (Å²) in [6.45, 7) is 0. The topological polar surface area (TPSA) is 97.1 Å². The number of anilines is 1. The van der Waals surface area contributed by atoms with Crippen LogP contribution in [0.2, 0.25) is 5.02 Å². The maximum Gasteiger partial charge on any atom is 0.334 e. The third-order valence-corrected chi connectivity index (χ3v) is 5.07. The van der Waals surface area contributed by atoms with Crippen molar-refractivity contribution in [1.82, 2.24) is 14.5 Å². The predicted molar refractivity (Wildman–Crippen MR) is 103 cm³/mol. The molecule has 3 heterocycles. The Morgan fingerprint density at radius 1 is 1.19 bits per heavy atom. The van der Waals surface area contributed by atoms with Crippen molar-refractivity contribution < 1.29 is 14.7 Å². The molecule has 4 rings (SSSR count). The van der Waals surface area contributed by atoms with E-state index in [2.05, 4.69) is 15.3 Å². The highest BCUT2D eigenvalue weighted by atomic mass is 35.5. The molecule has 0 aliphatic rings. The van der Waals surface area contributed by atoms with Gasteiger partial charge in [-0.2, -0.15) is 0 Å². The van der Waals surface area contributed by atoms with Crippen LogP contribution < -0.4 is 5.32 Å². The van der Waals surface area contributed by atoms with Crippen LogP contribution in [-0.2, 0) is 0 Å². The standard InChI is InChI=1S/C18H11ClN4O3S/c19-10-3-1-4-11-14(10)15(16(24)12-5-2-8-27-12)17(25)23(11)18(26)22-13-9-20-6-7-21-13/h1-9,25H,(H,21,22,26). The molecule has 0 radical (unpaired) electrons. The second-order valence-corrected chi connectivity index (χ2v) is 6.85. The number of amides is 1. The Morgan fingerprint density at radius 3 is 2.74 bits per heavy atom. The number of carbonyl (C=O) groups is 2. The van der Waals surface area contributed by atoms with Crippen LogP contribution in [-0.4, -0.2) is 31.5 Å². The van der Waals surface area contributed by atoms with Gasteiger partial charge in [0.1, 0.15) is 0 Å². The second kappa shape index (κ2) is 6.82. The molecule has 7 nitrogen and oxygen atoms in total. The first-order chi connectivity index (χ1) is 13.1. The number of rotatable bonds is 3. The number of nitrogens with zero attached hydrogens (tertiary/aromatic N) is 3. The molecule has 0 atom stereocenters. The average molecular weight is 399 g/mol. The van der Waals surface area contributed by atoms with Crippen molar-refractivity contribution in [1.29, 1.82) is 0 Å². The first kappa shape index (κ1) is 17.2. The van der Waals surface area contributed by atoms with Gasteiger partial charge >= 0.3 is 6.03 Å². The van der Waals surface area contributed by atoms with E-state index in [1.165, 1.54) is 29.9 Å². The molecule has 1 amide bonds. The van der Waals surface area contributed by atoms with Gasteiger partial charge in [0.2, 0.25) is 11.7 Å². The van der Waals surface area contributed by atoms with E-state index in [-0.39, 0.29) is 16.4 Å². The largest absolute Gasteiger partial charge is 0.494 e. The minimum atomic E-state index is -0.689. The van der Waals surface area contributed by atoms with Crippen LogP contribution in [0, 0.1) is 0 Å². The number of fused-ring (bicyclic) bond motifs is 1. The van der Waals surface area contributed by atoms with E-state index < -0.39 is 17.7 Å². The zero-order valence-corrected chi connectivity index (χ0v) is 15.2. The van der Waals surface area contributed by atoms with Crippen LogP contribution in [0.25, 0.3) is 10.9 Å². The first-order valence-electron chi connectivity index (χ1n) is 7.75. The molecule has 0 spiro atoms. The predicted octanol–water partition coefficient (Wildman–Crippen LogP) is 4.16. The fraction of sp³-hybridized carbons (Fsp3) is 0. The molecule has 0 saturated heterocycles. The molecule has 4 aromatic rings. The van der Waals surface area contributed by atoms with Gasteiger partial charge in [0.05, 0.1) is 27.2 Å². The van der Waals surface area contributed by atoms with Crippen molar-refractivity contribution in [2.24, 2.45) is 0 Å². The molecular formula is C18H11ClN4O3S. The number of halogens is 1. The third-order valence-electron chi connectivity index (χ3n) is 3.89. The van der Waals surface area contributed by atoms with E-state index >= 15 is 0 Å². The van der Waals surface area contributed by atoms with E-state index in [1.807, 2.05) is 0 Å². The van der Waals surface area contributed by atoms with Crippen molar-refractivity contribution in [3.8, 4) is 5.88 Å². The normalized spacial score (nSPS) is 10.9. The Labute approximate surface area is 161 Å². The van der Waals surface area contributed by atoms with Gasteiger partial charge in [-0.3, -0.25) is 15.1 Å². The van der Waals surface area contributed by atoms with Crippen molar-refractivity contribution in [3.05, 3.63) is 69.8 Å². The quantitative estimate of drug-likeness (QED) is 0.505. The SMILES string of the molecule is O=C(c1cccs1)c1c(O)n(C(=O)Nc2cnccn2)c2cccc(Cl)c12. The van der Waals surface area contributed by atoms with E-state index in [0.717, 1.165) is 4.57 Å². The van der Waals surface area contributed by atoms with Crippen LogP contribution in [0.5, 0.6) is 5.88 Å². The summed E-state index contributed by atoms with van der Waals surface area (Å²) in [4.78, 5) is 33.9. The molecule has 0 bridgehead atoms. The van der Waals surface area contributed by atoms with Gasteiger partial charge in [0, 0.05) is 17.8 Å². The summed E-state index contributed by atoms with van der Waals surface area (Å²) < 4.78 is 0.997. The van der Waals surface area contributed by atoms with Crippen LogP contribution in [0.3, 0.4) is 0 Å². The highest BCUT2D eigenvalue weighted by Crippen LogP contribution is 2.37. The van der Waals surface area contributed by atoms with Crippen LogP contribution in [0.1, 0.15) is 15.2 Å². The lowest BCUT2D eigenvalue weighted by Crippen LogP contribution is -2.19. The second-order valence-electron chi connectivity index (χ2n) is 5.50. The fourth-order valence-corrected chi connectivity index (χ4v) is 3.70. The first-order valence-corrected chi connectivity index (χ1v) is 9.01. The number of ketones is 1. The van der Waals surface area contributed by atoms with E-state index in [1.54, 1.807) is 35.7 Å². The molecule has 0 fully saturated rings. The van der Waals surface area contributed by atoms with Gasteiger partial charge in [-0.15, -0.1) is 11.3 Å². The fourth-order valence-electron chi connectivity index (χ4n) is 2.77. The molecule has 0 saturated carbocycles. The molecule has 134 valence electrons. The Kier molecular flexibility index (Phi) is 4.35. The highest BCUT2D eigenvalue weighted by Gasteiger charge is 2.28. The molecule has 1 aromatic carbocycles. The van der Waals surface area contributed by atoms with Crippen molar-refractivity contribution in [3.63, 3.8) is 0 Å². The molecule has 0 unspecified atom stereocenters. The van der Waals surface area contributed by atoms with Gasteiger partial charge < -0.3 is 5.11 Å². The Balaban J connectivity index is 1.89. The minimum Gasteiger partial charge on any atom is -0.494 e. The lowest BCUT2D eigenvalue weighted by molar-refractivity contribution is 0.104. The van der Waals surface area contributed by atoms with Gasteiger partial charge in [0.25, 0.3) is 0 Å². The van der Waals surface area contributed by atoms with Crippen molar-refractivity contribution in [2.75, 3.05) is 5.32 Å². The van der Waals surface area contributed by atoms with Crippen molar-refractivity contribution >= 4 is 51.5 Å². The van der Waals surface area contributed by atoms with Gasteiger partial charge in [-0.05, 0) is 23.6 Å². The number of aromatic hydroxyl groups is 1. The molecule has 3 aromatic heterocycles. The monoisotopic (exact) mass is 398 g/mol. The van der Waals surface area contributed by atoms with Crippen LogP contribution in [0.4, 0.5) is 10.6 Å². The Hall–Kier alpha value is -3.23. The van der Waals surface area contributed by atoms with Gasteiger partial charge in [-0.1, -0.05) is 23.7 Å². The summed E-state index contributed by atoms with van der Waals surface area (Å²) in [6, 6.07) is 7.52. The minimum absolute atomic E-state index is 0.0210. The van der Waals surface area contributed by atoms with Gasteiger partial charge in [-0.25, -0.2) is 14.3 Å². The summed E-state index contributed by atoms with van der Waals surface area (Å²) in [6.07, 6.45) is 4.26. The van der Waals surface area contributed by atoms with E-state index in [4.69, 9.17) is 11.6 Å². The lowest BCUT2D eigenvalue weighted by atomic mass is 10.1. The molecule has 0 aliphatic heterocycles. The molecule has 0 aliphatic carbocycles. The smallest absolute Gasteiger partial charge is 0.334 e. The number of hydrogen-bond donors (Lipinski definition) is 2. The Morgan fingerprint density at radius 2 is 2.04 bits per heavy atom. The number of carbonyl (C=O) groups excluding carboxylic acids is 2. The number of benzene rings is 1. The number of aromatic nitrogens is 3. The summed E-state index contributed by atoms with van der Waals surface area (Å²) in [5, 5.41) is 15.6. The maximum absolute atomic E-state index is 12.9. The van der Waals surface area contributed by atoms with Crippen LogP contribution >= 0.6 is 22.9 Å². The number of hydrogen-bond acceptors (Lipinski definition) is 6. The molecule has 2 N–H and O–H groups in total. The van der Waals surface area contributed by atoms with Crippen LogP contribution in [0.15, 0.2) is 54.3 Å². The Bertz CT molecular complexity index is 1160.